The van der Waals surface area contributed by atoms with Crippen LogP contribution in [-0.2, 0) is 0 Å². The van der Waals surface area contributed by atoms with E-state index in [2.05, 4.69) is 31.4 Å². The van der Waals surface area contributed by atoms with Gasteiger partial charge in [-0.2, -0.15) is 0 Å². The number of amides is 1. The van der Waals surface area contributed by atoms with Gasteiger partial charge >= 0.3 is 0 Å². The fraction of sp³-hybridized carbons (Fsp3) is 0.0833. The number of hydrogen-bond donors (Lipinski definition) is 2. The van der Waals surface area contributed by atoms with Crippen molar-refractivity contribution in [3.05, 3.63) is 45.4 Å². The molecule has 1 amide bonds. The van der Waals surface area contributed by atoms with E-state index in [1.807, 2.05) is 0 Å². The average molecular weight is 340 g/mol. The first-order valence-electron chi connectivity index (χ1n) is 5.31. The van der Waals surface area contributed by atoms with Crippen molar-refractivity contribution in [2.45, 2.75) is 6.92 Å². The molecular formula is C12H10BrN3O2S. The Morgan fingerprint density at radius 1 is 1.42 bits per heavy atom. The molecule has 98 valence electrons. The number of benzene rings is 1. The number of thiazole rings is 1. The second-order valence-electron chi connectivity index (χ2n) is 3.68. The summed E-state index contributed by atoms with van der Waals surface area (Å²) in [6, 6.07) is 7.03. The van der Waals surface area contributed by atoms with E-state index in [1.165, 1.54) is 11.3 Å². The van der Waals surface area contributed by atoms with Crippen LogP contribution in [0.15, 0.2) is 39.3 Å². The molecule has 0 aliphatic rings. The highest BCUT2D eigenvalue weighted by Gasteiger charge is 2.10. The molecule has 0 unspecified atom stereocenters. The van der Waals surface area contributed by atoms with Gasteiger partial charge in [-0.3, -0.25) is 10.1 Å². The summed E-state index contributed by atoms with van der Waals surface area (Å²) < 4.78 is 0.912. The van der Waals surface area contributed by atoms with Gasteiger partial charge in [0.2, 0.25) is 0 Å². The Kier molecular flexibility index (Phi) is 4.28. The molecule has 1 heterocycles. The molecule has 1 aromatic heterocycles. The fourth-order valence-corrected chi connectivity index (χ4v) is 2.33. The highest BCUT2D eigenvalue weighted by atomic mass is 79.9. The van der Waals surface area contributed by atoms with E-state index in [-0.39, 0.29) is 5.91 Å². The normalized spacial score (nSPS) is 11.4. The Bertz CT molecular complexity index is 622. The third-order valence-corrected chi connectivity index (χ3v) is 3.64. The summed E-state index contributed by atoms with van der Waals surface area (Å²) in [4.78, 5) is 16.1. The number of rotatable bonds is 3. The zero-order chi connectivity index (χ0) is 13.8. The Labute approximate surface area is 122 Å². The summed E-state index contributed by atoms with van der Waals surface area (Å²) in [5.41, 5.74) is 1.49. The molecule has 0 saturated carbocycles. The molecule has 2 rings (SSSR count). The van der Waals surface area contributed by atoms with Crippen LogP contribution < -0.4 is 5.32 Å². The topological polar surface area (TPSA) is 74.6 Å². The number of aromatic nitrogens is 1. The first-order valence-corrected chi connectivity index (χ1v) is 6.99. The van der Waals surface area contributed by atoms with Crippen LogP contribution in [0.1, 0.15) is 23.0 Å². The lowest BCUT2D eigenvalue weighted by atomic mass is 10.2. The van der Waals surface area contributed by atoms with Gasteiger partial charge in [0.15, 0.2) is 5.13 Å². The van der Waals surface area contributed by atoms with E-state index in [4.69, 9.17) is 5.21 Å². The van der Waals surface area contributed by atoms with Gasteiger partial charge in [0.1, 0.15) is 11.4 Å². The molecular weight excluding hydrogens is 330 g/mol. The molecule has 0 aliphatic heterocycles. The van der Waals surface area contributed by atoms with Crippen molar-refractivity contribution in [3.8, 4) is 0 Å². The third kappa shape index (κ3) is 3.39. The molecule has 0 fully saturated rings. The van der Waals surface area contributed by atoms with Crippen molar-refractivity contribution in [3.63, 3.8) is 0 Å². The minimum absolute atomic E-state index is 0.230. The maximum atomic E-state index is 11.9. The van der Waals surface area contributed by atoms with Gasteiger partial charge in [-0.1, -0.05) is 21.1 Å². The first kappa shape index (κ1) is 13.7. The average Bonchev–Trinajstić information content (AvgIpc) is 2.87. The molecule has 2 aromatic rings. The molecule has 2 N–H and O–H groups in total. The van der Waals surface area contributed by atoms with Crippen LogP contribution in [-0.4, -0.2) is 21.8 Å². The van der Waals surface area contributed by atoms with Crippen LogP contribution in [0.3, 0.4) is 0 Å². The Morgan fingerprint density at radius 3 is 2.74 bits per heavy atom. The lowest BCUT2D eigenvalue weighted by molar-refractivity contribution is 0.102. The van der Waals surface area contributed by atoms with Crippen LogP contribution in [0.25, 0.3) is 0 Å². The predicted octanol–water partition coefficient (Wildman–Crippen LogP) is 3.36. The van der Waals surface area contributed by atoms with Gasteiger partial charge in [-0.25, -0.2) is 4.98 Å². The van der Waals surface area contributed by atoms with Gasteiger partial charge in [0, 0.05) is 15.4 Å². The van der Waals surface area contributed by atoms with Crippen LogP contribution >= 0.6 is 27.3 Å². The van der Waals surface area contributed by atoms with E-state index in [1.54, 1.807) is 36.6 Å². The van der Waals surface area contributed by atoms with E-state index in [0.29, 0.717) is 22.1 Å². The molecule has 7 heteroatoms. The highest BCUT2D eigenvalue weighted by Crippen LogP contribution is 2.18. The van der Waals surface area contributed by atoms with Crippen molar-refractivity contribution >= 4 is 44.0 Å². The quantitative estimate of drug-likeness (QED) is 0.511. The molecule has 0 spiro atoms. The standard InChI is InChI=1S/C12H10BrN3O2S/c1-7(16-18)10-6-19-12(14-10)15-11(17)8-2-4-9(13)5-3-8/h2-6,18H,1H3,(H,14,15,17). The van der Waals surface area contributed by atoms with Gasteiger partial charge in [0.05, 0.1) is 0 Å². The Hall–Kier alpha value is -1.73. The molecule has 0 aliphatic carbocycles. The summed E-state index contributed by atoms with van der Waals surface area (Å²) in [6.45, 7) is 1.63. The van der Waals surface area contributed by atoms with Crippen molar-refractivity contribution in [1.29, 1.82) is 0 Å². The second-order valence-corrected chi connectivity index (χ2v) is 5.46. The summed E-state index contributed by atoms with van der Waals surface area (Å²) in [5.74, 6) is -0.230. The maximum Gasteiger partial charge on any atom is 0.257 e. The fourth-order valence-electron chi connectivity index (χ4n) is 1.32. The zero-order valence-electron chi connectivity index (χ0n) is 9.92. The number of halogens is 1. The Balaban J connectivity index is 2.11. The summed E-state index contributed by atoms with van der Waals surface area (Å²) in [5, 5.41) is 16.6. The third-order valence-electron chi connectivity index (χ3n) is 2.35. The molecule has 0 saturated heterocycles. The molecule has 0 atom stereocenters. The van der Waals surface area contributed by atoms with Gasteiger partial charge < -0.3 is 5.21 Å². The lowest BCUT2D eigenvalue weighted by Gasteiger charge is -2.01. The van der Waals surface area contributed by atoms with Crippen LogP contribution in [0.2, 0.25) is 0 Å². The highest BCUT2D eigenvalue weighted by molar-refractivity contribution is 9.10. The van der Waals surface area contributed by atoms with Gasteiger partial charge in [-0.05, 0) is 31.2 Å². The largest absolute Gasteiger partial charge is 0.411 e. The van der Waals surface area contributed by atoms with Crippen molar-refractivity contribution in [2.75, 3.05) is 5.32 Å². The van der Waals surface area contributed by atoms with E-state index < -0.39 is 0 Å². The van der Waals surface area contributed by atoms with Crippen LogP contribution in [0, 0.1) is 0 Å². The van der Waals surface area contributed by atoms with Crippen molar-refractivity contribution in [1.82, 2.24) is 4.98 Å². The Morgan fingerprint density at radius 2 is 2.11 bits per heavy atom. The number of anilines is 1. The summed E-state index contributed by atoms with van der Waals surface area (Å²) in [6.07, 6.45) is 0. The molecule has 19 heavy (non-hydrogen) atoms. The number of carbonyl (C=O) groups is 1. The van der Waals surface area contributed by atoms with E-state index in [9.17, 15) is 4.79 Å². The molecule has 1 aromatic carbocycles. The summed E-state index contributed by atoms with van der Waals surface area (Å²) in [7, 11) is 0. The first-order chi connectivity index (χ1) is 9.10. The number of oxime groups is 1. The number of nitrogens with one attached hydrogen (secondary N) is 1. The number of hydrogen-bond acceptors (Lipinski definition) is 5. The second kappa shape index (κ2) is 5.94. The van der Waals surface area contributed by atoms with Crippen molar-refractivity contribution in [2.24, 2.45) is 5.16 Å². The monoisotopic (exact) mass is 339 g/mol. The zero-order valence-corrected chi connectivity index (χ0v) is 12.3. The predicted molar refractivity (Wildman–Crippen MR) is 78.2 cm³/mol. The number of nitrogens with zero attached hydrogens (tertiary/aromatic N) is 2. The maximum absolute atomic E-state index is 11.9. The summed E-state index contributed by atoms with van der Waals surface area (Å²) >= 11 is 4.58. The van der Waals surface area contributed by atoms with Crippen LogP contribution in [0.5, 0.6) is 0 Å². The van der Waals surface area contributed by atoms with Gasteiger partial charge in [0.25, 0.3) is 5.91 Å². The van der Waals surface area contributed by atoms with Crippen LogP contribution in [0.4, 0.5) is 5.13 Å². The molecule has 5 nitrogen and oxygen atoms in total. The van der Waals surface area contributed by atoms with E-state index in [0.717, 1.165) is 4.47 Å². The minimum atomic E-state index is -0.230. The minimum Gasteiger partial charge on any atom is -0.411 e. The SMILES string of the molecule is CC(=NO)c1csc(NC(=O)c2ccc(Br)cc2)n1. The van der Waals surface area contributed by atoms with Crippen molar-refractivity contribution < 1.29 is 10.0 Å². The van der Waals surface area contributed by atoms with E-state index >= 15 is 0 Å². The molecule has 0 bridgehead atoms. The molecule has 0 radical (unpaired) electrons. The number of carbonyl (C=O) groups excluding carboxylic acids is 1. The lowest BCUT2D eigenvalue weighted by Crippen LogP contribution is -2.11. The van der Waals surface area contributed by atoms with Gasteiger partial charge in [-0.15, -0.1) is 11.3 Å². The smallest absolute Gasteiger partial charge is 0.257 e.